The molecular weight excluding hydrogens is 292 g/mol. The van der Waals surface area contributed by atoms with E-state index in [0.717, 1.165) is 5.57 Å². The molecular formula is C18H36N2O3. The second-order valence-electron chi connectivity index (χ2n) is 5.48. The van der Waals surface area contributed by atoms with Crippen LogP contribution in [0.15, 0.2) is 36.5 Å². The molecule has 23 heavy (non-hydrogen) atoms. The summed E-state index contributed by atoms with van der Waals surface area (Å²) in [5, 5.41) is 5.35. The molecule has 0 aromatic heterocycles. The number of carbonyl (C=O) groups excluding carboxylic acids is 2. The highest BCUT2D eigenvalue weighted by molar-refractivity contribution is 5.88. The smallest absolute Gasteiger partial charge is 0.407 e. The van der Waals surface area contributed by atoms with E-state index in [1.165, 1.54) is 6.08 Å². The average Bonchev–Trinajstić information content (AvgIpc) is 2.45. The van der Waals surface area contributed by atoms with Crippen molar-refractivity contribution < 1.29 is 17.2 Å². The number of amides is 2. The molecule has 0 aliphatic rings. The minimum Gasteiger partial charge on any atom is -0.444 e. The predicted molar refractivity (Wildman–Crippen MR) is 101 cm³/mol. The molecule has 0 aromatic rings. The van der Waals surface area contributed by atoms with E-state index < -0.39 is 11.7 Å². The highest BCUT2D eigenvalue weighted by Crippen LogP contribution is 2.06. The molecule has 0 saturated carbocycles. The first-order valence-corrected chi connectivity index (χ1v) is 7.99. The van der Waals surface area contributed by atoms with Gasteiger partial charge in [-0.05, 0) is 39.7 Å². The number of rotatable bonds is 7. The largest absolute Gasteiger partial charge is 0.444 e. The Morgan fingerprint density at radius 2 is 1.65 bits per heavy atom. The van der Waals surface area contributed by atoms with Gasteiger partial charge in [0.15, 0.2) is 0 Å². The van der Waals surface area contributed by atoms with E-state index in [9.17, 15) is 9.59 Å². The molecule has 0 aromatic carbocycles. The summed E-state index contributed by atoms with van der Waals surface area (Å²) in [4.78, 5) is 22.8. The zero-order chi connectivity index (χ0) is 18.3. The lowest BCUT2D eigenvalue weighted by atomic mass is 10.2. The van der Waals surface area contributed by atoms with Crippen molar-refractivity contribution in [3.8, 4) is 0 Å². The number of hydrogen-bond donors (Lipinski definition) is 2. The molecule has 0 spiro atoms. The van der Waals surface area contributed by atoms with E-state index >= 15 is 0 Å². The van der Waals surface area contributed by atoms with Gasteiger partial charge < -0.3 is 15.4 Å². The van der Waals surface area contributed by atoms with Crippen molar-refractivity contribution in [1.29, 1.82) is 0 Å². The molecule has 5 nitrogen and oxygen atoms in total. The maximum absolute atomic E-state index is 11.5. The summed E-state index contributed by atoms with van der Waals surface area (Å²) in [6.07, 6.45) is 6.94. The minimum absolute atomic E-state index is 0. The first-order valence-electron chi connectivity index (χ1n) is 7.99. The van der Waals surface area contributed by atoms with Crippen LogP contribution < -0.4 is 10.6 Å². The van der Waals surface area contributed by atoms with Crippen molar-refractivity contribution in [2.24, 2.45) is 0 Å². The fourth-order valence-electron chi connectivity index (χ4n) is 1.32. The third-order valence-electron chi connectivity index (χ3n) is 2.15. The minimum atomic E-state index is -0.502. The summed E-state index contributed by atoms with van der Waals surface area (Å²) in [5.74, 6) is -0.182. The van der Waals surface area contributed by atoms with Gasteiger partial charge in [-0.1, -0.05) is 38.7 Å². The van der Waals surface area contributed by atoms with Crippen LogP contribution in [0.1, 0.15) is 50.8 Å². The standard InChI is InChI=1S/C16H26N2O3.C2H6.2H2/c1-6-8-13(2)9-10-14(19)17-11-7-12-18-15(20)21-16(3,4)5;1-2;;/h6,8-10H,2,7,11-12H2,1,3-5H3,(H,17,19)(H,18,20);1-2H3;2*1H/b8-6-,10-9+;;;. The number of hydrogen-bond acceptors (Lipinski definition) is 3. The normalized spacial score (nSPS) is 10.9. The van der Waals surface area contributed by atoms with Gasteiger partial charge in [0.05, 0.1) is 0 Å². The van der Waals surface area contributed by atoms with Gasteiger partial charge >= 0.3 is 6.09 Å². The van der Waals surface area contributed by atoms with Crippen LogP contribution in [0.5, 0.6) is 0 Å². The quantitative estimate of drug-likeness (QED) is 0.417. The van der Waals surface area contributed by atoms with Gasteiger partial charge in [0.2, 0.25) is 5.91 Å². The molecule has 0 fully saturated rings. The van der Waals surface area contributed by atoms with Crippen LogP contribution in [0.25, 0.3) is 0 Å². The van der Waals surface area contributed by atoms with E-state index in [2.05, 4.69) is 17.2 Å². The van der Waals surface area contributed by atoms with Crippen LogP contribution in [-0.2, 0) is 9.53 Å². The van der Waals surface area contributed by atoms with Crippen molar-refractivity contribution in [3.63, 3.8) is 0 Å². The van der Waals surface area contributed by atoms with Gasteiger partial charge in [0.1, 0.15) is 5.60 Å². The van der Waals surface area contributed by atoms with Gasteiger partial charge in [-0.25, -0.2) is 4.79 Å². The number of ether oxygens (including phenoxy) is 1. The number of allylic oxidation sites excluding steroid dienone is 4. The molecule has 5 heteroatoms. The Labute approximate surface area is 143 Å². The maximum atomic E-state index is 11.5. The number of carbonyl (C=O) groups is 2. The van der Waals surface area contributed by atoms with E-state index in [1.807, 2.05) is 32.9 Å². The highest BCUT2D eigenvalue weighted by atomic mass is 16.6. The Bertz CT molecular complexity index is 429. The second-order valence-corrected chi connectivity index (χ2v) is 5.48. The van der Waals surface area contributed by atoms with Gasteiger partial charge in [-0.15, -0.1) is 0 Å². The molecule has 2 N–H and O–H groups in total. The molecule has 2 amide bonds. The maximum Gasteiger partial charge on any atom is 0.407 e. The molecule has 0 saturated heterocycles. The van der Waals surface area contributed by atoms with Crippen molar-refractivity contribution in [2.45, 2.75) is 53.6 Å². The third kappa shape index (κ3) is 17.9. The number of alkyl carbamates (subject to hydrolysis) is 1. The predicted octanol–water partition coefficient (Wildman–Crippen LogP) is 4.22. The van der Waals surface area contributed by atoms with Crippen LogP contribution >= 0.6 is 0 Å². The van der Waals surface area contributed by atoms with Crippen LogP contribution in [0.4, 0.5) is 4.79 Å². The molecule has 0 rings (SSSR count). The summed E-state index contributed by atoms with van der Waals surface area (Å²) in [6.45, 7) is 16.0. The summed E-state index contributed by atoms with van der Waals surface area (Å²) >= 11 is 0. The zero-order valence-electron chi connectivity index (χ0n) is 15.4. The molecule has 0 heterocycles. The molecule has 0 aliphatic carbocycles. The monoisotopic (exact) mass is 328 g/mol. The van der Waals surface area contributed by atoms with Gasteiger partial charge in [0.25, 0.3) is 0 Å². The molecule has 0 bridgehead atoms. The summed E-state index contributed by atoms with van der Waals surface area (Å²) in [5.41, 5.74) is 0.262. The number of nitrogens with one attached hydrogen (secondary N) is 2. The Balaban J connectivity index is -0.000000530. The van der Waals surface area contributed by atoms with E-state index in [4.69, 9.17) is 4.74 Å². The van der Waals surface area contributed by atoms with Gasteiger partial charge in [0, 0.05) is 22.0 Å². The first-order chi connectivity index (χ1) is 10.7. The fraction of sp³-hybridized carbons (Fsp3) is 0.556. The molecule has 0 radical (unpaired) electrons. The van der Waals surface area contributed by atoms with Crippen molar-refractivity contribution in [3.05, 3.63) is 36.5 Å². The Morgan fingerprint density at radius 1 is 1.09 bits per heavy atom. The first kappa shape index (κ1) is 23.2. The Hall–Kier alpha value is -2.04. The lowest BCUT2D eigenvalue weighted by molar-refractivity contribution is -0.116. The topological polar surface area (TPSA) is 67.4 Å². The molecule has 0 atom stereocenters. The Morgan fingerprint density at radius 3 is 2.17 bits per heavy atom. The fourth-order valence-corrected chi connectivity index (χ4v) is 1.32. The third-order valence-corrected chi connectivity index (χ3v) is 2.15. The molecule has 136 valence electrons. The summed E-state index contributed by atoms with van der Waals surface area (Å²) in [7, 11) is 0. The van der Waals surface area contributed by atoms with Crippen LogP contribution in [0.2, 0.25) is 0 Å². The van der Waals surface area contributed by atoms with Crippen LogP contribution in [-0.4, -0.2) is 30.7 Å². The highest BCUT2D eigenvalue weighted by Gasteiger charge is 2.15. The lowest BCUT2D eigenvalue weighted by Gasteiger charge is -2.19. The molecule has 0 aliphatic heterocycles. The lowest BCUT2D eigenvalue weighted by Crippen LogP contribution is -2.34. The average molecular weight is 328 g/mol. The van der Waals surface area contributed by atoms with E-state index in [-0.39, 0.29) is 8.76 Å². The Kier molecular flexibility index (Phi) is 13.7. The van der Waals surface area contributed by atoms with Gasteiger partial charge in [-0.3, -0.25) is 4.79 Å². The SMILES string of the molecule is C=C(/C=C\C)/C=C/C(=O)NCCCNC(=O)OC(C)(C)C.CC.[HH].[HH]. The van der Waals surface area contributed by atoms with Crippen molar-refractivity contribution >= 4 is 12.0 Å². The molecule has 0 unspecified atom stereocenters. The summed E-state index contributed by atoms with van der Waals surface area (Å²) in [6, 6.07) is 0. The van der Waals surface area contributed by atoms with Crippen LogP contribution in [0.3, 0.4) is 0 Å². The zero-order valence-corrected chi connectivity index (χ0v) is 15.4. The van der Waals surface area contributed by atoms with Gasteiger partial charge in [-0.2, -0.15) is 0 Å². The second kappa shape index (κ2) is 13.6. The summed E-state index contributed by atoms with van der Waals surface area (Å²) < 4.78 is 5.09. The van der Waals surface area contributed by atoms with E-state index in [0.29, 0.717) is 19.5 Å². The van der Waals surface area contributed by atoms with Crippen LogP contribution in [0, 0.1) is 0 Å². The van der Waals surface area contributed by atoms with E-state index in [1.54, 1.807) is 26.8 Å². The van der Waals surface area contributed by atoms with Crippen molar-refractivity contribution in [1.82, 2.24) is 10.6 Å². The van der Waals surface area contributed by atoms with Crippen molar-refractivity contribution in [2.75, 3.05) is 13.1 Å².